The molecule has 2 amide bonds. The van der Waals surface area contributed by atoms with E-state index in [1.165, 1.54) is 4.90 Å². The second kappa shape index (κ2) is 5.80. The van der Waals surface area contributed by atoms with Gasteiger partial charge in [0.2, 0.25) is 11.8 Å². The molecule has 2 fully saturated rings. The summed E-state index contributed by atoms with van der Waals surface area (Å²) in [5, 5.41) is 3.37. The Hall–Kier alpha value is -0.940. The first-order chi connectivity index (χ1) is 8.65. The molecule has 0 aromatic carbocycles. The van der Waals surface area contributed by atoms with Gasteiger partial charge in [0, 0.05) is 12.6 Å². The predicted octanol–water partition coefficient (Wildman–Crippen LogP) is 0.208. The van der Waals surface area contributed by atoms with Gasteiger partial charge in [0.05, 0.1) is 12.5 Å². The van der Waals surface area contributed by atoms with Gasteiger partial charge in [-0.1, -0.05) is 6.92 Å². The zero-order valence-corrected chi connectivity index (χ0v) is 11.3. The molecule has 5 nitrogen and oxygen atoms in total. The number of nitrogens with one attached hydrogen (secondary N) is 1. The molecule has 1 N–H and O–H groups in total. The maximum Gasteiger partial charge on any atom is 0.246 e. The smallest absolute Gasteiger partial charge is 0.246 e. The number of likely N-dealkylation sites (tertiary alicyclic amines) is 2. The van der Waals surface area contributed by atoms with E-state index in [0.29, 0.717) is 19.0 Å². The molecule has 2 rings (SSSR count). The average molecular weight is 253 g/mol. The molecule has 0 spiro atoms. The van der Waals surface area contributed by atoms with Gasteiger partial charge in [-0.2, -0.15) is 0 Å². The summed E-state index contributed by atoms with van der Waals surface area (Å²) in [4.78, 5) is 27.4. The summed E-state index contributed by atoms with van der Waals surface area (Å²) in [5.41, 5.74) is 0. The highest BCUT2D eigenvalue weighted by molar-refractivity contribution is 6.05. The Labute approximate surface area is 108 Å². The third-order valence-corrected chi connectivity index (χ3v) is 4.03. The lowest BCUT2D eigenvalue weighted by molar-refractivity contribution is -0.138. The van der Waals surface area contributed by atoms with E-state index in [-0.39, 0.29) is 17.9 Å². The first kappa shape index (κ1) is 13.5. The minimum Gasteiger partial charge on any atom is -0.303 e. The predicted molar refractivity (Wildman–Crippen MR) is 69.1 cm³/mol. The SMILES string of the molecule is CCN1CCC(NC2CC(=O)N(CC)C2=O)CC1. The van der Waals surface area contributed by atoms with Crippen molar-refractivity contribution >= 4 is 11.8 Å². The first-order valence-corrected chi connectivity index (χ1v) is 6.98. The zero-order chi connectivity index (χ0) is 13.1. The summed E-state index contributed by atoms with van der Waals surface area (Å²) in [7, 11) is 0. The molecule has 0 aliphatic carbocycles. The van der Waals surface area contributed by atoms with Crippen molar-refractivity contribution in [2.45, 2.75) is 45.2 Å². The van der Waals surface area contributed by atoms with E-state index in [1.807, 2.05) is 6.92 Å². The molecule has 5 heteroatoms. The van der Waals surface area contributed by atoms with E-state index in [2.05, 4.69) is 17.1 Å². The van der Waals surface area contributed by atoms with Gasteiger partial charge in [-0.3, -0.25) is 14.5 Å². The minimum atomic E-state index is -0.282. The maximum atomic E-state index is 12.0. The minimum absolute atomic E-state index is 0.0361. The lowest BCUT2D eigenvalue weighted by atomic mass is 10.0. The van der Waals surface area contributed by atoms with E-state index >= 15 is 0 Å². The van der Waals surface area contributed by atoms with Crippen LogP contribution in [0.1, 0.15) is 33.1 Å². The maximum absolute atomic E-state index is 12.0. The van der Waals surface area contributed by atoms with Crippen LogP contribution < -0.4 is 5.32 Å². The summed E-state index contributed by atoms with van der Waals surface area (Å²) in [6, 6.07) is 0.0991. The molecule has 0 aromatic rings. The fourth-order valence-electron chi connectivity index (χ4n) is 2.85. The average Bonchev–Trinajstić information content (AvgIpc) is 2.65. The Balaban J connectivity index is 1.84. The number of carbonyl (C=O) groups is 2. The van der Waals surface area contributed by atoms with Gasteiger partial charge in [0.1, 0.15) is 0 Å². The highest BCUT2D eigenvalue weighted by Crippen LogP contribution is 2.16. The van der Waals surface area contributed by atoms with Crippen molar-refractivity contribution in [3.63, 3.8) is 0 Å². The van der Waals surface area contributed by atoms with Crippen LogP contribution in [0.2, 0.25) is 0 Å². The van der Waals surface area contributed by atoms with E-state index in [0.717, 1.165) is 32.5 Å². The zero-order valence-electron chi connectivity index (χ0n) is 11.3. The molecule has 0 aromatic heterocycles. The van der Waals surface area contributed by atoms with Gasteiger partial charge in [-0.05, 0) is 39.4 Å². The molecule has 0 radical (unpaired) electrons. The quantitative estimate of drug-likeness (QED) is 0.728. The second-order valence-corrected chi connectivity index (χ2v) is 5.11. The second-order valence-electron chi connectivity index (χ2n) is 5.11. The Bertz CT molecular complexity index is 324. The third kappa shape index (κ3) is 2.72. The molecule has 0 bridgehead atoms. The third-order valence-electron chi connectivity index (χ3n) is 4.03. The van der Waals surface area contributed by atoms with Crippen LogP contribution >= 0.6 is 0 Å². The van der Waals surface area contributed by atoms with Crippen molar-refractivity contribution in [1.82, 2.24) is 15.1 Å². The van der Waals surface area contributed by atoms with E-state index in [1.54, 1.807) is 0 Å². The van der Waals surface area contributed by atoms with E-state index < -0.39 is 0 Å². The summed E-state index contributed by atoms with van der Waals surface area (Å²) in [6.07, 6.45) is 2.47. The standard InChI is InChI=1S/C13H23N3O2/c1-3-15-7-5-10(6-8-15)14-11-9-12(17)16(4-2)13(11)18/h10-11,14H,3-9H2,1-2H3. The van der Waals surface area contributed by atoms with Crippen LogP contribution in [0.25, 0.3) is 0 Å². The van der Waals surface area contributed by atoms with Gasteiger partial charge < -0.3 is 10.2 Å². The molecular weight excluding hydrogens is 230 g/mol. The number of imide groups is 1. The number of piperidine rings is 1. The normalized spacial score (nSPS) is 27.2. The monoisotopic (exact) mass is 253 g/mol. The number of hydrogen-bond donors (Lipinski definition) is 1. The fourth-order valence-corrected chi connectivity index (χ4v) is 2.85. The summed E-state index contributed by atoms with van der Waals surface area (Å²) < 4.78 is 0. The molecule has 2 heterocycles. The molecule has 2 aliphatic heterocycles. The van der Waals surface area contributed by atoms with Crippen LogP contribution in [-0.4, -0.2) is 59.9 Å². The topological polar surface area (TPSA) is 52.7 Å². The molecule has 18 heavy (non-hydrogen) atoms. The van der Waals surface area contributed by atoms with Crippen LogP contribution in [0.15, 0.2) is 0 Å². The summed E-state index contributed by atoms with van der Waals surface area (Å²) >= 11 is 0. The number of rotatable bonds is 4. The number of nitrogens with zero attached hydrogens (tertiary/aromatic N) is 2. The molecule has 0 saturated carbocycles. The molecule has 102 valence electrons. The Morgan fingerprint density at radius 1 is 1.17 bits per heavy atom. The highest BCUT2D eigenvalue weighted by Gasteiger charge is 2.38. The molecule has 1 atom stereocenters. The Morgan fingerprint density at radius 3 is 2.33 bits per heavy atom. The lowest BCUT2D eigenvalue weighted by Crippen LogP contribution is -2.48. The van der Waals surface area contributed by atoms with Crippen LogP contribution in [0.4, 0.5) is 0 Å². The fraction of sp³-hybridized carbons (Fsp3) is 0.846. The Kier molecular flexibility index (Phi) is 4.35. The van der Waals surface area contributed by atoms with Gasteiger partial charge in [-0.15, -0.1) is 0 Å². The number of amides is 2. The number of carbonyl (C=O) groups excluding carboxylic acids is 2. The highest BCUT2D eigenvalue weighted by atomic mass is 16.2. The van der Waals surface area contributed by atoms with Crippen molar-refractivity contribution < 1.29 is 9.59 Å². The van der Waals surface area contributed by atoms with Crippen molar-refractivity contribution in [2.75, 3.05) is 26.2 Å². The van der Waals surface area contributed by atoms with Crippen molar-refractivity contribution in [3.05, 3.63) is 0 Å². The molecule has 2 saturated heterocycles. The van der Waals surface area contributed by atoms with Gasteiger partial charge in [0.15, 0.2) is 0 Å². The van der Waals surface area contributed by atoms with Crippen molar-refractivity contribution in [1.29, 1.82) is 0 Å². The summed E-state index contributed by atoms with van der Waals surface area (Å²) in [6.45, 7) is 7.77. The molecular formula is C13H23N3O2. The molecule has 1 unspecified atom stereocenters. The Morgan fingerprint density at radius 2 is 1.83 bits per heavy atom. The van der Waals surface area contributed by atoms with E-state index in [9.17, 15) is 9.59 Å². The van der Waals surface area contributed by atoms with Crippen molar-refractivity contribution in [3.8, 4) is 0 Å². The van der Waals surface area contributed by atoms with E-state index in [4.69, 9.17) is 0 Å². The number of hydrogen-bond acceptors (Lipinski definition) is 4. The van der Waals surface area contributed by atoms with Crippen LogP contribution in [-0.2, 0) is 9.59 Å². The largest absolute Gasteiger partial charge is 0.303 e. The lowest BCUT2D eigenvalue weighted by Gasteiger charge is -2.32. The van der Waals surface area contributed by atoms with Crippen LogP contribution in [0.3, 0.4) is 0 Å². The van der Waals surface area contributed by atoms with Gasteiger partial charge >= 0.3 is 0 Å². The number of likely N-dealkylation sites (N-methyl/N-ethyl adjacent to an activating group) is 1. The van der Waals surface area contributed by atoms with Crippen LogP contribution in [0, 0.1) is 0 Å². The van der Waals surface area contributed by atoms with Gasteiger partial charge in [-0.25, -0.2) is 0 Å². The summed E-state index contributed by atoms with van der Waals surface area (Å²) in [5.74, 6) is -0.0774. The van der Waals surface area contributed by atoms with Crippen LogP contribution in [0.5, 0.6) is 0 Å². The first-order valence-electron chi connectivity index (χ1n) is 6.98. The van der Waals surface area contributed by atoms with Gasteiger partial charge in [0.25, 0.3) is 0 Å². The molecule has 2 aliphatic rings. The van der Waals surface area contributed by atoms with Crippen molar-refractivity contribution in [2.24, 2.45) is 0 Å².